The number of nitrogens with zero attached hydrogens (tertiary/aromatic N) is 2. The van der Waals surface area contributed by atoms with Crippen LogP contribution >= 0.6 is 0 Å². The van der Waals surface area contributed by atoms with Crippen LogP contribution in [-0.4, -0.2) is 20.4 Å². The molecule has 0 atom stereocenters. The van der Waals surface area contributed by atoms with Crippen LogP contribution in [0.5, 0.6) is 0 Å². The van der Waals surface area contributed by atoms with Crippen molar-refractivity contribution in [2.75, 3.05) is 0 Å². The summed E-state index contributed by atoms with van der Waals surface area (Å²) in [7, 11) is 0. The first-order chi connectivity index (χ1) is 10.7. The lowest BCUT2D eigenvalue weighted by atomic mass is 10.0. The van der Waals surface area contributed by atoms with E-state index in [2.05, 4.69) is 25.9 Å². The second-order valence-electron chi connectivity index (χ2n) is 5.81. The van der Waals surface area contributed by atoms with Gasteiger partial charge in [-0.05, 0) is 25.3 Å². The highest BCUT2D eigenvalue weighted by Crippen LogP contribution is 2.29. The fourth-order valence-electron chi connectivity index (χ4n) is 3.26. The highest BCUT2D eigenvalue weighted by atomic mass is 16.1. The number of nitrogens with one attached hydrogen (secondary N) is 2. The Morgan fingerprint density at radius 1 is 1.45 bits per heavy atom. The molecule has 0 unspecified atom stereocenters. The summed E-state index contributed by atoms with van der Waals surface area (Å²) in [5, 5.41) is 4.03. The number of hydrogen-bond acceptors (Lipinski definition) is 2. The lowest BCUT2D eigenvalue weighted by Crippen LogP contribution is -2.23. The van der Waals surface area contributed by atoms with Crippen LogP contribution in [0.2, 0.25) is 0 Å². The Kier molecular flexibility index (Phi) is 2.99. The molecule has 5 nitrogen and oxygen atoms in total. The second-order valence-corrected chi connectivity index (χ2v) is 5.81. The number of aryl methyl sites for hydroxylation is 3. The topological polar surface area (TPSA) is 62.7 Å². The molecule has 3 aromatic rings. The number of imidazole rings is 1. The minimum atomic E-state index is -0.0369. The average Bonchev–Trinajstić information content (AvgIpc) is 3.11. The molecule has 0 fully saturated rings. The summed E-state index contributed by atoms with van der Waals surface area (Å²) in [6, 6.07) is 6.24. The number of carbonyl (C=O) groups excluding carboxylic acids is 1. The number of aromatic amines is 1. The third kappa shape index (κ3) is 2.01. The van der Waals surface area contributed by atoms with Crippen molar-refractivity contribution < 1.29 is 4.79 Å². The first-order valence-corrected chi connectivity index (χ1v) is 7.62. The van der Waals surface area contributed by atoms with Gasteiger partial charge in [0.1, 0.15) is 0 Å². The number of carbonyl (C=O) groups is 1. The molecule has 0 radical (unpaired) electrons. The molecule has 112 valence electrons. The minimum Gasteiger partial charge on any atom is -0.348 e. The SMILES string of the molecule is Cc1[nH]cnc1CNC(=O)c1cn2c3c(cccc13)CCC2. The van der Waals surface area contributed by atoms with Gasteiger partial charge in [-0.3, -0.25) is 4.79 Å². The number of hydrogen-bond donors (Lipinski definition) is 2. The molecule has 1 amide bonds. The highest BCUT2D eigenvalue weighted by molar-refractivity contribution is 6.07. The molecule has 5 heteroatoms. The first kappa shape index (κ1) is 13.1. The molecular weight excluding hydrogens is 276 g/mol. The van der Waals surface area contributed by atoms with E-state index in [0.717, 1.165) is 41.7 Å². The van der Waals surface area contributed by atoms with Crippen molar-refractivity contribution in [1.29, 1.82) is 0 Å². The smallest absolute Gasteiger partial charge is 0.253 e. The quantitative estimate of drug-likeness (QED) is 0.780. The monoisotopic (exact) mass is 294 g/mol. The minimum absolute atomic E-state index is 0.0369. The standard InChI is InChI=1S/C17H18N4O/c1-11-15(20-10-19-11)8-18-17(22)14-9-21-7-3-5-12-4-2-6-13(14)16(12)21/h2,4,6,9-10H,3,5,7-8H2,1H3,(H,18,22)(H,19,20). The molecule has 1 aromatic carbocycles. The Hall–Kier alpha value is -2.56. The Morgan fingerprint density at radius 2 is 2.36 bits per heavy atom. The number of benzene rings is 1. The van der Waals surface area contributed by atoms with Gasteiger partial charge in [-0.1, -0.05) is 18.2 Å². The molecule has 0 spiro atoms. The predicted octanol–water partition coefficient (Wildman–Crippen LogP) is 2.55. The Labute approximate surface area is 128 Å². The van der Waals surface area contributed by atoms with Gasteiger partial charge < -0.3 is 14.9 Å². The van der Waals surface area contributed by atoms with E-state index in [1.807, 2.05) is 25.3 Å². The predicted molar refractivity (Wildman–Crippen MR) is 84.8 cm³/mol. The van der Waals surface area contributed by atoms with Gasteiger partial charge in [-0.25, -0.2) is 4.98 Å². The van der Waals surface area contributed by atoms with Gasteiger partial charge in [0, 0.05) is 23.8 Å². The molecule has 0 saturated carbocycles. The maximum atomic E-state index is 12.6. The molecule has 2 aromatic heterocycles. The van der Waals surface area contributed by atoms with Gasteiger partial charge in [0.15, 0.2) is 0 Å². The maximum absolute atomic E-state index is 12.6. The number of H-pyrrole nitrogens is 1. The van der Waals surface area contributed by atoms with Crippen LogP contribution in [0.4, 0.5) is 0 Å². The van der Waals surface area contributed by atoms with Gasteiger partial charge in [-0.15, -0.1) is 0 Å². The molecule has 1 aliphatic rings. The van der Waals surface area contributed by atoms with E-state index in [1.54, 1.807) is 6.33 Å². The Bertz CT molecular complexity index is 859. The van der Waals surface area contributed by atoms with E-state index >= 15 is 0 Å². The van der Waals surface area contributed by atoms with Crippen molar-refractivity contribution in [1.82, 2.24) is 19.9 Å². The van der Waals surface area contributed by atoms with Crippen LogP contribution in [0.15, 0.2) is 30.7 Å². The summed E-state index contributed by atoms with van der Waals surface area (Å²) < 4.78 is 2.21. The Morgan fingerprint density at radius 3 is 3.18 bits per heavy atom. The summed E-state index contributed by atoms with van der Waals surface area (Å²) in [4.78, 5) is 19.8. The first-order valence-electron chi connectivity index (χ1n) is 7.62. The molecule has 22 heavy (non-hydrogen) atoms. The van der Waals surface area contributed by atoms with Crippen LogP contribution < -0.4 is 5.32 Å². The van der Waals surface area contributed by atoms with Gasteiger partial charge in [0.2, 0.25) is 0 Å². The zero-order chi connectivity index (χ0) is 15.1. The number of amides is 1. The summed E-state index contributed by atoms with van der Waals surface area (Å²) >= 11 is 0. The van der Waals surface area contributed by atoms with E-state index < -0.39 is 0 Å². The molecule has 0 bridgehead atoms. The van der Waals surface area contributed by atoms with Gasteiger partial charge in [0.05, 0.1) is 29.6 Å². The normalized spacial score (nSPS) is 13.5. The van der Waals surface area contributed by atoms with Gasteiger partial charge in [0.25, 0.3) is 5.91 Å². The zero-order valence-electron chi connectivity index (χ0n) is 12.5. The fourth-order valence-corrected chi connectivity index (χ4v) is 3.26. The maximum Gasteiger partial charge on any atom is 0.253 e. The number of rotatable bonds is 3. The Balaban J connectivity index is 1.65. The van der Waals surface area contributed by atoms with Crippen LogP contribution in [0.3, 0.4) is 0 Å². The van der Waals surface area contributed by atoms with Crippen LogP contribution in [-0.2, 0) is 19.5 Å². The van der Waals surface area contributed by atoms with Crippen LogP contribution in [0, 0.1) is 6.92 Å². The molecule has 3 heterocycles. The lowest BCUT2D eigenvalue weighted by molar-refractivity contribution is 0.0952. The second kappa shape index (κ2) is 5.02. The van der Waals surface area contributed by atoms with Crippen LogP contribution in [0.25, 0.3) is 10.9 Å². The third-order valence-electron chi connectivity index (χ3n) is 4.42. The average molecular weight is 294 g/mol. The number of para-hydroxylation sites is 1. The highest BCUT2D eigenvalue weighted by Gasteiger charge is 2.19. The third-order valence-corrected chi connectivity index (χ3v) is 4.42. The molecular formula is C17H18N4O. The van der Waals surface area contributed by atoms with Crippen molar-refractivity contribution in [3.8, 4) is 0 Å². The van der Waals surface area contributed by atoms with Crippen molar-refractivity contribution in [3.05, 3.63) is 53.2 Å². The van der Waals surface area contributed by atoms with Crippen LogP contribution in [0.1, 0.15) is 33.7 Å². The van der Waals surface area contributed by atoms with E-state index in [0.29, 0.717) is 6.54 Å². The van der Waals surface area contributed by atoms with Crippen molar-refractivity contribution in [2.24, 2.45) is 0 Å². The van der Waals surface area contributed by atoms with Crippen molar-refractivity contribution in [2.45, 2.75) is 32.9 Å². The van der Waals surface area contributed by atoms with E-state index in [4.69, 9.17) is 0 Å². The lowest BCUT2D eigenvalue weighted by Gasteiger charge is -2.14. The van der Waals surface area contributed by atoms with Crippen molar-refractivity contribution in [3.63, 3.8) is 0 Å². The largest absolute Gasteiger partial charge is 0.348 e. The number of aromatic nitrogens is 3. The van der Waals surface area contributed by atoms with E-state index in [9.17, 15) is 4.79 Å². The molecule has 0 saturated heterocycles. The molecule has 0 aliphatic carbocycles. The van der Waals surface area contributed by atoms with E-state index in [-0.39, 0.29) is 5.91 Å². The molecule has 2 N–H and O–H groups in total. The molecule has 1 aliphatic heterocycles. The summed E-state index contributed by atoms with van der Waals surface area (Å²) in [6.07, 6.45) is 5.86. The van der Waals surface area contributed by atoms with Crippen molar-refractivity contribution >= 4 is 16.8 Å². The fraction of sp³-hybridized carbons (Fsp3) is 0.294. The summed E-state index contributed by atoms with van der Waals surface area (Å²) in [6.45, 7) is 3.38. The molecule has 4 rings (SSSR count). The van der Waals surface area contributed by atoms with Gasteiger partial charge >= 0.3 is 0 Å². The summed E-state index contributed by atoms with van der Waals surface area (Å²) in [5.41, 5.74) is 5.18. The summed E-state index contributed by atoms with van der Waals surface area (Å²) in [5.74, 6) is -0.0369. The van der Waals surface area contributed by atoms with Gasteiger partial charge in [-0.2, -0.15) is 0 Å². The van der Waals surface area contributed by atoms with E-state index in [1.165, 1.54) is 11.1 Å². The zero-order valence-corrected chi connectivity index (χ0v) is 12.5.